The van der Waals surface area contributed by atoms with Crippen molar-refractivity contribution in [3.63, 3.8) is 0 Å². The summed E-state index contributed by atoms with van der Waals surface area (Å²) in [6.07, 6.45) is 5.93. The number of hydrogen-bond acceptors (Lipinski definition) is 4. The lowest BCUT2D eigenvalue weighted by atomic mass is 9.43. The van der Waals surface area contributed by atoms with E-state index >= 15 is 0 Å². The molecule has 0 bridgehead atoms. The molecular weight excluding hydrogens is 368 g/mol. The van der Waals surface area contributed by atoms with Crippen molar-refractivity contribution in [2.75, 3.05) is 0 Å². The Morgan fingerprint density at radius 3 is 2.45 bits per heavy atom. The number of aliphatic carboxylic acids is 1. The van der Waals surface area contributed by atoms with Crippen molar-refractivity contribution in [3.05, 3.63) is 0 Å². The first kappa shape index (κ1) is 21.6. The molecule has 11 atom stereocenters. The molecule has 4 rings (SSSR count). The van der Waals surface area contributed by atoms with Crippen LogP contribution in [0.15, 0.2) is 0 Å². The van der Waals surface area contributed by atoms with Gasteiger partial charge in [-0.3, -0.25) is 4.79 Å². The summed E-state index contributed by atoms with van der Waals surface area (Å²) in [6, 6.07) is 0. The van der Waals surface area contributed by atoms with Gasteiger partial charge in [-0.15, -0.1) is 0 Å². The molecule has 0 aromatic heterocycles. The van der Waals surface area contributed by atoms with Crippen molar-refractivity contribution in [3.8, 4) is 0 Å². The van der Waals surface area contributed by atoms with E-state index in [1.54, 1.807) is 0 Å². The second-order valence-corrected chi connectivity index (χ2v) is 11.5. The minimum atomic E-state index is -0.735. The van der Waals surface area contributed by atoms with Gasteiger partial charge in [0, 0.05) is 6.42 Å². The average Bonchev–Trinajstić information content (AvgIpc) is 2.97. The van der Waals surface area contributed by atoms with Crippen molar-refractivity contribution in [1.82, 2.24) is 0 Å². The number of aliphatic hydroxyl groups excluding tert-OH is 3. The molecule has 0 aliphatic heterocycles. The molecule has 4 aliphatic rings. The molecule has 0 aromatic carbocycles. The van der Waals surface area contributed by atoms with Crippen molar-refractivity contribution < 1.29 is 25.2 Å². The van der Waals surface area contributed by atoms with E-state index in [4.69, 9.17) is 5.11 Å². The van der Waals surface area contributed by atoms with Crippen LogP contribution in [0.1, 0.15) is 78.6 Å². The number of aliphatic hydroxyl groups is 3. The fourth-order valence-corrected chi connectivity index (χ4v) is 8.84. The molecule has 5 nitrogen and oxygen atoms in total. The van der Waals surface area contributed by atoms with Gasteiger partial charge in [0.15, 0.2) is 0 Å². The predicted octanol–water partition coefficient (Wildman–Crippen LogP) is 3.45. The maximum absolute atomic E-state index is 11.5. The fourth-order valence-electron chi connectivity index (χ4n) is 8.84. The summed E-state index contributed by atoms with van der Waals surface area (Å²) in [4.78, 5) is 11.1. The lowest BCUT2D eigenvalue weighted by molar-refractivity contribution is -0.213. The van der Waals surface area contributed by atoms with Crippen molar-refractivity contribution in [1.29, 1.82) is 0 Å². The number of carboxylic acids is 1. The monoisotopic (exact) mass is 408 g/mol. The van der Waals surface area contributed by atoms with Crippen molar-refractivity contribution in [2.24, 2.45) is 46.3 Å². The second-order valence-electron chi connectivity index (χ2n) is 11.5. The van der Waals surface area contributed by atoms with Gasteiger partial charge in [-0.25, -0.2) is 0 Å². The molecule has 4 fully saturated rings. The SMILES string of the molecule is C[C@@H](CCC(=O)O)[C@H]1CC[C@@H]2[C@H]3[C@@H]([C@@H](O)C[C@@]21C)[C@@]1(C)CC[C@H](O)CC1C[C@@H]3O. The van der Waals surface area contributed by atoms with Gasteiger partial charge in [-0.05, 0) is 97.7 Å². The highest BCUT2D eigenvalue weighted by Gasteiger charge is 2.65. The Morgan fingerprint density at radius 2 is 1.76 bits per heavy atom. The van der Waals surface area contributed by atoms with Crippen LogP contribution in [0.3, 0.4) is 0 Å². The Labute approximate surface area is 174 Å². The zero-order valence-electron chi connectivity index (χ0n) is 18.3. The van der Waals surface area contributed by atoms with Crippen LogP contribution in [0, 0.1) is 46.3 Å². The average molecular weight is 409 g/mol. The minimum Gasteiger partial charge on any atom is -0.481 e. The molecule has 0 aromatic rings. The molecule has 29 heavy (non-hydrogen) atoms. The van der Waals surface area contributed by atoms with Crippen LogP contribution in [0.4, 0.5) is 0 Å². The smallest absolute Gasteiger partial charge is 0.303 e. The normalized spacial score (nSPS) is 52.9. The third-order valence-corrected chi connectivity index (χ3v) is 10.2. The van der Waals surface area contributed by atoms with E-state index in [1.165, 1.54) is 0 Å². The summed E-state index contributed by atoms with van der Waals surface area (Å²) in [5.41, 5.74) is -0.0340. The second kappa shape index (κ2) is 7.49. The summed E-state index contributed by atoms with van der Waals surface area (Å²) >= 11 is 0. The maximum Gasteiger partial charge on any atom is 0.303 e. The van der Waals surface area contributed by atoms with E-state index in [1.807, 2.05) is 0 Å². The summed E-state index contributed by atoms with van der Waals surface area (Å²) in [5, 5.41) is 42.0. The summed E-state index contributed by atoms with van der Waals surface area (Å²) in [5.74, 6) is 0.904. The molecular formula is C24H40O5. The van der Waals surface area contributed by atoms with Gasteiger partial charge in [-0.2, -0.15) is 0 Å². The van der Waals surface area contributed by atoms with E-state index in [0.29, 0.717) is 24.2 Å². The van der Waals surface area contributed by atoms with Crippen LogP contribution in [-0.4, -0.2) is 44.7 Å². The highest BCUT2D eigenvalue weighted by molar-refractivity contribution is 5.66. The third-order valence-electron chi connectivity index (χ3n) is 10.2. The largest absolute Gasteiger partial charge is 0.481 e. The zero-order valence-corrected chi connectivity index (χ0v) is 18.3. The number of carboxylic acid groups (broad SMARTS) is 1. The Hall–Kier alpha value is -0.650. The van der Waals surface area contributed by atoms with E-state index in [2.05, 4.69) is 20.8 Å². The molecule has 4 aliphatic carbocycles. The van der Waals surface area contributed by atoms with Gasteiger partial charge < -0.3 is 20.4 Å². The molecule has 0 amide bonds. The highest BCUT2D eigenvalue weighted by Crippen LogP contribution is 2.68. The molecule has 166 valence electrons. The molecule has 5 heteroatoms. The first-order chi connectivity index (χ1) is 13.6. The standard InChI is InChI=1S/C24H40O5/c1-13(4-7-20(28)29)16-5-6-17-21-18(26)11-14-10-15(25)8-9-23(14,2)22(21)19(27)12-24(16,17)3/h13-19,21-22,25-27H,4-12H2,1-3H3,(H,28,29)/t13-,14?,15-,16+,17+,18-,19-,21+,22+,23-,24+/m0/s1. The Bertz CT molecular complexity index is 637. The molecule has 0 spiro atoms. The molecule has 1 unspecified atom stereocenters. The molecule has 4 saturated carbocycles. The van der Waals surface area contributed by atoms with Gasteiger partial charge in [-0.1, -0.05) is 20.8 Å². The minimum absolute atomic E-state index is 0.00309. The number of rotatable bonds is 4. The van der Waals surface area contributed by atoms with Crippen molar-refractivity contribution in [2.45, 2.75) is 96.9 Å². The van der Waals surface area contributed by atoms with Crippen molar-refractivity contribution >= 4 is 5.97 Å². The first-order valence-electron chi connectivity index (χ1n) is 11.8. The summed E-state index contributed by atoms with van der Waals surface area (Å²) < 4.78 is 0. The Morgan fingerprint density at radius 1 is 1.03 bits per heavy atom. The van der Waals surface area contributed by atoms with E-state index < -0.39 is 18.2 Å². The lowest BCUT2D eigenvalue weighted by Crippen LogP contribution is -2.63. The van der Waals surface area contributed by atoms with Gasteiger partial charge >= 0.3 is 5.97 Å². The summed E-state index contributed by atoms with van der Waals surface area (Å²) in [7, 11) is 0. The number of hydrogen-bond donors (Lipinski definition) is 4. The Balaban J connectivity index is 1.61. The van der Waals surface area contributed by atoms with Crippen LogP contribution in [0.2, 0.25) is 0 Å². The van der Waals surface area contributed by atoms with Gasteiger partial charge in [0.1, 0.15) is 0 Å². The number of fused-ring (bicyclic) bond motifs is 5. The van der Waals surface area contributed by atoms with Crippen LogP contribution >= 0.6 is 0 Å². The Kier molecular flexibility index (Phi) is 5.57. The van der Waals surface area contributed by atoms with Crippen LogP contribution in [-0.2, 0) is 4.79 Å². The van der Waals surface area contributed by atoms with Gasteiger partial charge in [0.2, 0.25) is 0 Å². The van der Waals surface area contributed by atoms with Gasteiger partial charge in [0.05, 0.1) is 18.3 Å². The van der Waals surface area contributed by atoms with Gasteiger partial charge in [0.25, 0.3) is 0 Å². The third kappa shape index (κ3) is 3.36. The lowest BCUT2D eigenvalue weighted by Gasteiger charge is -2.63. The fraction of sp³-hybridized carbons (Fsp3) is 0.958. The maximum atomic E-state index is 11.5. The molecule has 0 radical (unpaired) electrons. The molecule has 0 heterocycles. The first-order valence-corrected chi connectivity index (χ1v) is 11.8. The van der Waals surface area contributed by atoms with Crippen LogP contribution in [0.5, 0.6) is 0 Å². The van der Waals surface area contributed by atoms with Crippen LogP contribution in [0.25, 0.3) is 0 Å². The zero-order chi connectivity index (χ0) is 21.1. The topological polar surface area (TPSA) is 98.0 Å². The highest BCUT2D eigenvalue weighted by atomic mass is 16.4. The quantitative estimate of drug-likeness (QED) is 0.571. The predicted molar refractivity (Wildman–Crippen MR) is 110 cm³/mol. The van der Waals surface area contributed by atoms with E-state index in [9.17, 15) is 20.1 Å². The van der Waals surface area contributed by atoms with Crippen LogP contribution < -0.4 is 0 Å². The molecule has 0 saturated heterocycles. The number of carbonyl (C=O) groups is 1. The summed E-state index contributed by atoms with van der Waals surface area (Å²) in [6.45, 7) is 6.79. The van der Waals surface area contributed by atoms with E-state index in [0.717, 1.165) is 44.9 Å². The van der Waals surface area contributed by atoms with E-state index in [-0.39, 0.29) is 41.1 Å². The molecule has 4 N–H and O–H groups in total.